The molecule has 23 heavy (non-hydrogen) atoms. The molecule has 0 aliphatic heterocycles. The van der Waals surface area contributed by atoms with Gasteiger partial charge in [0.25, 0.3) is 5.56 Å². The zero-order valence-corrected chi connectivity index (χ0v) is 13.7. The summed E-state index contributed by atoms with van der Waals surface area (Å²) >= 11 is 0. The molecular formula is C20H20N2O. The molecule has 0 unspecified atom stereocenters. The molecule has 0 fully saturated rings. The summed E-state index contributed by atoms with van der Waals surface area (Å²) in [6, 6.07) is 20.0. The second kappa shape index (κ2) is 6.21. The predicted octanol–water partition coefficient (Wildman–Crippen LogP) is 4.24. The Morgan fingerprint density at radius 3 is 1.91 bits per heavy atom. The lowest BCUT2D eigenvalue weighted by atomic mass is 10.0. The highest BCUT2D eigenvalue weighted by Gasteiger charge is 2.18. The quantitative estimate of drug-likeness (QED) is 0.725. The van der Waals surface area contributed by atoms with E-state index in [1.54, 1.807) is 4.57 Å². The van der Waals surface area contributed by atoms with Crippen LogP contribution in [0.15, 0.2) is 65.5 Å². The SMILES string of the molecule is CC(C)c1nc(-c2ccccc2)c(-c2ccccc2)n(C)c1=O. The molecule has 1 heterocycles. The van der Waals surface area contributed by atoms with Crippen LogP contribution >= 0.6 is 0 Å². The Bertz CT molecular complexity index is 865. The summed E-state index contributed by atoms with van der Waals surface area (Å²) in [6.07, 6.45) is 0. The van der Waals surface area contributed by atoms with E-state index in [0.29, 0.717) is 5.69 Å². The van der Waals surface area contributed by atoms with Gasteiger partial charge in [-0.3, -0.25) is 4.79 Å². The summed E-state index contributed by atoms with van der Waals surface area (Å²) in [5.41, 5.74) is 4.29. The first kappa shape index (κ1) is 15.2. The third-order valence-corrected chi connectivity index (χ3v) is 3.96. The molecule has 3 heteroatoms. The Kier molecular flexibility index (Phi) is 4.11. The Balaban J connectivity index is 2.38. The highest BCUT2D eigenvalue weighted by Crippen LogP contribution is 2.30. The van der Waals surface area contributed by atoms with Crippen molar-refractivity contribution in [1.82, 2.24) is 9.55 Å². The highest BCUT2D eigenvalue weighted by atomic mass is 16.1. The molecule has 0 saturated carbocycles. The molecule has 116 valence electrons. The maximum Gasteiger partial charge on any atom is 0.272 e. The van der Waals surface area contributed by atoms with Crippen molar-refractivity contribution in [3.8, 4) is 22.5 Å². The number of aromatic nitrogens is 2. The van der Waals surface area contributed by atoms with Crippen LogP contribution in [0.25, 0.3) is 22.5 Å². The molecule has 0 radical (unpaired) electrons. The van der Waals surface area contributed by atoms with Gasteiger partial charge in [-0.15, -0.1) is 0 Å². The van der Waals surface area contributed by atoms with Crippen molar-refractivity contribution in [2.75, 3.05) is 0 Å². The second-order valence-electron chi connectivity index (χ2n) is 5.95. The average molecular weight is 304 g/mol. The van der Waals surface area contributed by atoms with E-state index in [4.69, 9.17) is 4.98 Å². The first-order chi connectivity index (χ1) is 11.1. The maximum atomic E-state index is 12.7. The van der Waals surface area contributed by atoms with Crippen LogP contribution in [0, 0.1) is 0 Å². The van der Waals surface area contributed by atoms with Crippen LogP contribution < -0.4 is 5.56 Å². The molecule has 3 aromatic rings. The van der Waals surface area contributed by atoms with Crippen molar-refractivity contribution < 1.29 is 0 Å². The zero-order valence-electron chi connectivity index (χ0n) is 13.7. The molecule has 0 atom stereocenters. The van der Waals surface area contributed by atoms with Crippen LogP contribution in [0.5, 0.6) is 0 Å². The number of rotatable bonds is 3. The van der Waals surface area contributed by atoms with E-state index in [1.807, 2.05) is 81.6 Å². The fourth-order valence-corrected chi connectivity index (χ4v) is 2.75. The molecule has 0 spiro atoms. The van der Waals surface area contributed by atoms with Crippen LogP contribution in [0.2, 0.25) is 0 Å². The van der Waals surface area contributed by atoms with Gasteiger partial charge in [-0.25, -0.2) is 4.98 Å². The smallest absolute Gasteiger partial charge is 0.272 e. The molecule has 0 amide bonds. The van der Waals surface area contributed by atoms with Crippen molar-refractivity contribution in [3.63, 3.8) is 0 Å². The van der Waals surface area contributed by atoms with Crippen molar-refractivity contribution in [2.45, 2.75) is 19.8 Å². The lowest BCUT2D eigenvalue weighted by Crippen LogP contribution is -2.26. The van der Waals surface area contributed by atoms with E-state index in [9.17, 15) is 4.79 Å². The Morgan fingerprint density at radius 2 is 1.39 bits per heavy atom. The van der Waals surface area contributed by atoms with Crippen LogP contribution in [-0.2, 0) is 7.05 Å². The molecule has 0 saturated heterocycles. The summed E-state index contributed by atoms with van der Waals surface area (Å²) < 4.78 is 1.72. The Hall–Kier alpha value is -2.68. The summed E-state index contributed by atoms with van der Waals surface area (Å²) in [5.74, 6) is 0.0842. The summed E-state index contributed by atoms with van der Waals surface area (Å²) in [7, 11) is 1.82. The lowest BCUT2D eigenvalue weighted by Gasteiger charge is -2.17. The highest BCUT2D eigenvalue weighted by molar-refractivity contribution is 5.78. The van der Waals surface area contributed by atoms with Crippen molar-refractivity contribution in [3.05, 3.63) is 76.7 Å². The number of benzene rings is 2. The van der Waals surface area contributed by atoms with E-state index < -0.39 is 0 Å². The summed E-state index contributed by atoms with van der Waals surface area (Å²) in [6.45, 7) is 4.00. The van der Waals surface area contributed by atoms with E-state index in [-0.39, 0.29) is 11.5 Å². The molecule has 0 N–H and O–H groups in total. The number of nitrogens with zero attached hydrogens (tertiary/aromatic N) is 2. The fraction of sp³-hybridized carbons (Fsp3) is 0.200. The summed E-state index contributed by atoms with van der Waals surface area (Å²) in [4.78, 5) is 17.4. The summed E-state index contributed by atoms with van der Waals surface area (Å²) in [5, 5.41) is 0. The van der Waals surface area contributed by atoms with Gasteiger partial charge in [0, 0.05) is 24.1 Å². The van der Waals surface area contributed by atoms with Gasteiger partial charge in [0.15, 0.2) is 0 Å². The fourth-order valence-electron chi connectivity index (χ4n) is 2.75. The third kappa shape index (κ3) is 2.82. The van der Waals surface area contributed by atoms with Gasteiger partial charge in [0.2, 0.25) is 0 Å². The van der Waals surface area contributed by atoms with Gasteiger partial charge < -0.3 is 4.57 Å². The zero-order chi connectivity index (χ0) is 16.4. The van der Waals surface area contributed by atoms with Gasteiger partial charge in [-0.2, -0.15) is 0 Å². The van der Waals surface area contributed by atoms with Gasteiger partial charge in [0.1, 0.15) is 5.69 Å². The van der Waals surface area contributed by atoms with E-state index in [2.05, 4.69) is 0 Å². The van der Waals surface area contributed by atoms with E-state index in [0.717, 1.165) is 22.5 Å². The van der Waals surface area contributed by atoms with Gasteiger partial charge in [-0.1, -0.05) is 74.5 Å². The number of hydrogen-bond acceptors (Lipinski definition) is 2. The monoisotopic (exact) mass is 304 g/mol. The average Bonchev–Trinajstić information content (AvgIpc) is 2.58. The minimum absolute atomic E-state index is 0.0291. The topological polar surface area (TPSA) is 34.9 Å². The van der Waals surface area contributed by atoms with Gasteiger partial charge >= 0.3 is 0 Å². The molecule has 1 aromatic heterocycles. The molecule has 0 aliphatic carbocycles. The van der Waals surface area contributed by atoms with Crippen LogP contribution in [-0.4, -0.2) is 9.55 Å². The largest absolute Gasteiger partial charge is 0.308 e. The predicted molar refractivity (Wildman–Crippen MR) is 94.4 cm³/mol. The minimum Gasteiger partial charge on any atom is -0.308 e. The number of hydrogen-bond donors (Lipinski definition) is 0. The third-order valence-electron chi connectivity index (χ3n) is 3.96. The standard InChI is InChI=1S/C20H20N2O/c1-14(2)17-20(23)22(3)19(16-12-8-5-9-13-16)18(21-17)15-10-6-4-7-11-15/h4-14H,1-3H3. The molecule has 3 nitrogen and oxygen atoms in total. The van der Waals surface area contributed by atoms with E-state index in [1.165, 1.54) is 0 Å². The molecule has 2 aromatic carbocycles. The Morgan fingerprint density at radius 1 is 0.870 bits per heavy atom. The maximum absolute atomic E-state index is 12.7. The first-order valence-corrected chi connectivity index (χ1v) is 7.81. The second-order valence-corrected chi connectivity index (χ2v) is 5.95. The van der Waals surface area contributed by atoms with Crippen LogP contribution in [0.4, 0.5) is 0 Å². The first-order valence-electron chi connectivity index (χ1n) is 7.81. The molecular weight excluding hydrogens is 284 g/mol. The Labute approximate surface area is 136 Å². The van der Waals surface area contributed by atoms with Crippen molar-refractivity contribution in [2.24, 2.45) is 7.05 Å². The normalized spacial score (nSPS) is 11.0. The van der Waals surface area contributed by atoms with Crippen LogP contribution in [0.1, 0.15) is 25.5 Å². The molecule has 0 aliphatic rings. The van der Waals surface area contributed by atoms with Crippen molar-refractivity contribution >= 4 is 0 Å². The lowest BCUT2D eigenvalue weighted by molar-refractivity contribution is 0.748. The van der Waals surface area contributed by atoms with E-state index >= 15 is 0 Å². The van der Waals surface area contributed by atoms with Gasteiger partial charge in [0.05, 0.1) is 11.4 Å². The molecule has 0 bridgehead atoms. The van der Waals surface area contributed by atoms with Crippen molar-refractivity contribution in [1.29, 1.82) is 0 Å². The van der Waals surface area contributed by atoms with Gasteiger partial charge in [-0.05, 0) is 0 Å². The minimum atomic E-state index is -0.0291. The van der Waals surface area contributed by atoms with Crippen LogP contribution in [0.3, 0.4) is 0 Å². The molecule has 3 rings (SSSR count).